The zero-order valence-electron chi connectivity index (χ0n) is 39.8. The molecule has 7 fully saturated rings. The van der Waals surface area contributed by atoms with Crippen LogP contribution in [0.15, 0.2) is 11.6 Å². The highest BCUT2D eigenvalue weighted by atomic mass is 16.8. The van der Waals surface area contributed by atoms with Crippen LogP contribution in [0.5, 0.6) is 0 Å². The number of aliphatic hydroxyl groups is 12. The van der Waals surface area contributed by atoms with Gasteiger partial charge in [-0.1, -0.05) is 39.3 Å². The van der Waals surface area contributed by atoms with Crippen LogP contribution in [0, 0.1) is 45.3 Å². The second-order valence-electron chi connectivity index (χ2n) is 22.6. The van der Waals surface area contributed by atoms with Crippen molar-refractivity contribution in [3.05, 3.63) is 11.6 Å². The lowest BCUT2D eigenvalue weighted by Crippen LogP contribution is -2.68. The van der Waals surface area contributed by atoms with Gasteiger partial charge in [0.1, 0.15) is 73.2 Å². The van der Waals surface area contributed by atoms with Crippen molar-refractivity contribution in [3.8, 4) is 0 Å². The minimum absolute atomic E-state index is 0.0226. The highest BCUT2D eigenvalue weighted by Crippen LogP contribution is 2.76. The number of aliphatic hydroxyl groups excluding tert-OH is 12. The maximum atomic E-state index is 11.8. The molecule has 24 atom stereocenters. The van der Waals surface area contributed by atoms with Crippen LogP contribution in [0.4, 0.5) is 0 Å². The molecule has 7 aliphatic rings. The van der Waals surface area contributed by atoms with E-state index in [4.69, 9.17) is 28.4 Å². The molecule has 4 saturated carbocycles. The lowest BCUT2D eigenvalue weighted by Gasteiger charge is -2.70. The van der Waals surface area contributed by atoms with Crippen molar-refractivity contribution in [3.63, 3.8) is 0 Å². The van der Waals surface area contributed by atoms with Gasteiger partial charge in [0.05, 0.1) is 31.5 Å². The van der Waals surface area contributed by atoms with Crippen LogP contribution in [-0.2, 0) is 28.4 Å². The van der Waals surface area contributed by atoms with Crippen molar-refractivity contribution in [2.75, 3.05) is 26.4 Å². The molecular weight excluding hydrogens is 865 g/mol. The molecule has 0 spiro atoms. The van der Waals surface area contributed by atoms with Crippen LogP contribution in [0.2, 0.25) is 0 Å². The molecule has 0 aromatic carbocycles. The minimum atomic E-state index is -1.80. The second-order valence-corrected chi connectivity index (χ2v) is 22.6. The Bertz CT molecular complexity index is 1660. The fourth-order valence-corrected chi connectivity index (χ4v) is 14.9. The number of allylic oxidation sites excluding steroid dienone is 2. The summed E-state index contributed by atoms with van der Waals surface area (Å²) in [5.41, 5.74) is -1.06. The van der Waals surface area contributed by atoms with Crippen molar-refractivity contribution < 1.29 is 89.7 Å². The second kappa shape index (κ2) is 19.9. The fraction of sp³-hybridized carbons (Fsp3) is 0.958. The summed E-state index contributed by atoms with van der Waals surface area (Å²) in [5, 5.41) is 128. The topological polar surface area (TPSA) is 298 Å². The van der Waals surface area contributed by atoms with Gasteiger partial charge in [0.2, 0.25) is 0 Å². The maximum Gasteiger partial charge on any atom is 0.187 e. The van der Waals surface area contributed by atoms with E-state index in [0.717, 1.165) is 44.9 Å². The van der Waals surface area contributed by atoms with Gasteiger partial charge in [-0.3, -0.25) is 0 Å². The summed E-state index contributed by atoms with van der Waals surface area (Å²) in [6, 6.07) is 0. The summed E-state index contributed by atoms with van der Waals surface area (Å²) in [6.45, 7) is 13.3. The Hall–Kier alpha value is -0.980. The largest absolute Gasteiger partial charge is 0.396 e. The molecule has 0 amide bonds. The van der Waals surface area contributed by atoms with Crippen LogP contribution >= 0.6 is 0 Å². The van der Waals surface area contributed by atoms with Gasteiger partial charge in [0, 0.05) is 12.0 Å². The van der Waals surface area contributed by atoms with Crippen molar-refractivity contribution in [1.29, 1.82) is 0 Å². The van der Waals surface area contributed by atoms with Crippen LogP contribution in [0.1, 0.15) is 113 Å². The number of fused-ring (bicyclic) bond motifs is 5. The van der Waals surface area contributed by atoms with E-state index < -0.39 is 134 Å². The van der Waals surface area contributed by atoms with E-state index in [1.165, 1.54) is 5.57 Å². The van der Waals surface area contributed by atoms with Crippen molar-refractivity contribution in [2.45, 2.75) is 216 Å². The fourth-order valence-electron chi connectivity index (χ4n) is 14.9. The van der Waals surface area contributed by atoms with Crippen molar-refractivity contribution in [1.82, 2.24) is 0 Å². The summed E-state index contributed by atoms with van der Waals surface area (Å²) >= 11 is 0. The van der Waals surface area contributed by atoms with Crippen LogP contribution in [-0.4, -0.2) is 192 Å². The van der Waals surface area contributed by atoms with E-state index in [1.54, 1.807) is 0 Å². The SMILES string of the molecule is CC(C)=CCCC(C)(OC1OC(CO)C(O)C(O)C1O)C1CCC2(C)C1CCC1C3(CO)CCC(OC4OC(CO)C(O)C(O)C4OC4OC(CO)C(O)C(O)C4O)C(C)(C)C3CCC12C. The number of ether oxygens (including phenoxy) is 6. The molecule has 3 heterocycles. The Kier molecular flexibility index (Phi) is 15.9. The number of rotatable bonds is 14. The van der Waals surface area contributed by atoms with E-state index in [-0.39, 0.29) is 41.1 Å². The molecule has 4 aliphatic carbocycles. The Morgan fingerprint density at radius 2 is 1.14 bits per heavy atom. The summed E-state index contributed by atoms with van der Waals surface area (Å²) in [4.78, 5) is 0. The average Bonchev–Trinajstić information content (AvgIpc) is 3.65. The molecule has 18 nitrogen and oxygen atoms in total. The van der Waals surface area contributed by atoms with Gasteiger partial charge in [0.15, 0.2) is 18.9 Å². The molecule has 7 rings (SSSR count). The zero-order valence-corrected chi connectivity index (χ0v) is 39.8. The minimum Gasteiger partial charge on any atom is -0.396 e. The normalized spacial score (nSPS) is 51.3. The molecule has 24 unspecified atom stereocenters. The van der Waals surface area contributed by atoms with Gasteiger partial charge in [-0.15, -0.1) is 0 Å². The number of hydrogen-bond donors (Lipinski definition) is 12. The molecule has 3 aliphatic heterocycles. The average molecular weight is 947 g/mol. The van der Waals surface area contributed by atoms with Gasteiger partial charge in [-0.25, -0.2) is 0 Å². The zero-order chi connectivity index (χ0) is 48.5. The van der Waals surface area contributed by atoms with E-state index >= 15 is 0 Å². The maximum absolute atomic E-state index is 11.8. The molecule has 0 bridgehead atoms. The third kappa shape index (κ3) is 8.79. The van der Waals surface area contributed by atoms with Crippen LogP contribution in [0.25, 0.3) is 0 Å². The molecule has 12 N–H and O–H groups in total. The molecule has 3 saturated heterocycles. The van der Waals surface area contributed by atoms with E-state index in [1.807, 2.05) is 13.8 Å². The summed E-state index contributed by atoms with van der Waals surface area (Å²) in [7, 11) is 0. The first kappa shape index (κ1) is 52.8. The van der Waals surface area contributed by atoms with E-state index in [2.05, 4.69) is 40.7 Å². The van der Waals surface area contributed by atoms with Gasteiger partial charge in [0.25, 0.3) is 0 Å². The lowest BCUT2D eigenvalue weighted by atomic mass is 9.35. The molecule has 382 valence electrons. The molecular formula is C48H82O18. The third-order valence-corrected chi connectivity index (χ3v) is 18.8. The van der Waals surface area contributed by atoms with Crippen molar-refractivity contribution in [2.24, 2.45) is 45.3 Å². The predicted molar refractivity (Wildman–Crippen MR) is 234 cm³/mol. The smallest absolute Gasteiger partial charge is 0.187 e. The molecule has 0 radical (unpaired) electrons. The quantitative estimate of drug-likeness (QED) is 0.0805. The lowest BCUT2D eigenvalue weighted by molar-refractivity contribution is -0.379. The van der Waals surface area contributed by atoms with Crippen LogP contribution < -0.4 is 0 Å². The highest BCUT2D eigenvalue weighted by molar-refractivity contribution is 5.20. The molecule has 0 aromatic heterocycles. The van der Waals surface area contributed by atoms with E-state index in [0.29, 0.717) is 19.3 Å². The van der Waals surface area contributed by atoms with Crippen LogP contribution in [0.3, 0.4) is 0 Å². The summed E-state index contributed by atoms with van der Waals surface area (Å²) < 4.78 is 37.2. The summed E-state index contributed by atoms with van der Waals surface area (Å²) in [5.74, 6) is 0.379. The molecule has 66 heavy (non-hydrogen) atoms. The summed E-state index contributed by atoms with van der Waals surface area (Å²) in [6.07, 6.45) is -13.3. The van der Waals surface area contributed by atoms with Gasteiger partial charge >= 0.3 is 0 Å². The van der Waals surface area contributed by atoms with Gasteiger partial charge in [-0.05, 0) is 125 Å². The first-order valence-corrected chi connectivity index (χ1v) is 24.5. The molecule has 0 aromatic rings. The van der Waals surface area contributed by atoms with E-state index in [9.17, 15) is 61.3 Å². The van der Waals surface area contributed by atoms with Gasteiger partial charge in [-0.2, -0.15) is 0 Å². The first-order chi connectivity index (χ1) is 31.0. The Morgan fingerprint density at radius 1 is 0.591 bits per heavy atom. The standard InChI is InChI=1S/C48H82O18/c1-23(2)9-8-15-47(7,66-42-39(60)36(57)33(54)27(20-50)62-42)25-12-16-45(5)24(25)10-11-30-46(45,6)17-13-29-44(3,4)31(14-18-48(29,30)22-52)64-43-40(37(58)34(55)28(21-51)63-43)65-41-38(59)35(56)32(53)26(19-49)61-41/h9,24-43,49-60H,8,10-22H2,1-7H3. The Labute approximate surface area is 388 Å². The number of hydrogen-bond acceptors (Lipinski definition) is 18. The monoisotopic (exact) mass is 947 g/mol. The van der Waals surface area contributed by atoms with Gasteiger partial charge < -0.3 is 89.7 Å². The Balaban J connectivity index is 1.13. The van der Waals surface area contributed by atoms with Crippen molar-refractivity contribution >= 4 is 0 Å². The molecule has 18 heteroatoms. The Morgan fingerprint density at radius 3 is 1.71 bits per heavy atom. The highest BCUT2D eigenvalue weighted by Gasteiger charge is 2.71. The first-order valence-electron chi connectivity index (χ1n) is 24.5. The predicted octanol–water partition coefficient (Wildman–Crippen LogP) is -0.0252. The third-order valence-electron chi connectivity index (χ3n) is 18.8.